The van der Waals surface area contributed by atoms with Crippen molar-refractivity contribution in [3.05, 3.63) is 33.9 Å². The van der Waals surface area contributed by atoms with E-state index in [1.165, 1.54) is 12.1 Å². The van der Waals surface area contributed by atoms with Crippen LogP contribution in [0.2, 0.25) is 0 Å². The Bertz CT molecular complexity index is 584. The van der Waals surface area contributed by atoms with Gasteiger partial charge in [0.25, 0.3) is 5.69 Å². The minimum Gasteiger partial charge on any atom is -0.319 e. The van der Waals surface area contributed by atoms with Crippen molar-refractivity contribution < 1.29 is 9.72 Å². The Morgan fingerprint density at radius 2 is 2.10 bits per heavy atom. The van der Waals surface area contributed by atoms with E-state index < -0.39 is 22.3 Å². The fourth-order valence-corrected chi connectivity index (χ4v) is 1.46. The fraction of sp³-hybridized carbons (Fsp3) is 0.385. The summed E-state index contributed by atoms with van der Waals surface area (Å²) in [5.74, 6) is -0.509. The number of hydrogen-bond donors (Lipinski definition) is 2. The van der Waals surface area contributed by atoms with Crippen molar-refractivity contribution in [2.24, 2.45) is 11.1 Å². The van der Waals surface area contributed by atoms with Crippen LogP contribution in [0.15, 0.2) is 18.2 Å². The third-order valence-corrected chi connectivity index (χ3v) is 2.80. The van der Waals surface area contributed by atoms with Crippen LogP contribution in [0.25, 0.3) is 0 Å². The van der Waals surface area contributed by atoms with E-state index in [1.807, 2.05) is 6.07 Å². The zero-order valence-corrected chi connectivity index (χ0v) is 11.5. The number of nitro benzene ring substituents is 1. The lowest BCUT2D eigenvalue weighted by molar-refractivity contribution is -0.384. The molecule has 0 radical (unpaired) electrons. The summed E-state index contributed by atoms with van der Waals surface area (Å²) in [6.45, 7) is 5.39. The molecule has 0 saturated carbocycles. The van der Waals surface area contributed by atoms with Gasteiger partial charge in [-0.2, -0.15) is 5.26 Å². The molecule has 20 heavy (non-hydrogen) atoms. The largest absolute Gasteiger partial charge is 0.319 e. The van der Waals surface area contributed by atoms with Crippen molar-refractivity contribution in [3.63, 3.8) is 0 Å². The smallest absolute Gasteiger partial charge is 0.294 e. The molecule has 1 amide bonds. The van der Waals surface area contributed by atoms with Gasteiger partial charge < -0.3 is 11.1 Å². The summed E-state index contributed by atoms with van der Waals surface area (Å²) in [6, 6.07) is 4.83. The fourth-order valence-electron chi connectivity index (χ4n) is 1.46. The number of hydrogen-bond acceptors (Lipinski definition) is 5. The van der Waals surface area contributed by atoms with E-state index in [1.54, 1.807) is 20.8 Å². The highest BCUT2D eigenvalue weighted by Gasteiger charge is 2.29. The second-order valence-electron chi connectivity index (χ2n) is 5.43. The summed E-state index contributed by atoms with van der Waals surface area (Å²) in [5.41, 5.74) is 5.16. The lowest BCUT2D eigenvalue weighted by Gasteiger charge is -2.25. The molecule has 0 saturated heterocycles. The van der Waals surface area contributed by atoms with Crippen LogP contribution in [0.5, 0.6) is 0 Å². The number of amides is 1. The second kappa shape index (κ2) is 5.67. The number of rotatable bonds is 3. The van der Waals surface area contributed by atoms with Crippen molar-refractivity contribution in [2.75, 3.05) is 5.32 Å². The predicted octanol–water partition coefficient (Wildman–Crippen LogP) is 1.78. The summed E-state index contributed by atoms with van der Waals surface area (Å²) < 4.78 is 0. The number of benzene rings is 1. The van der Waals surface area contributed by atoms with E-state index in [4.69, 9.17) is 11.0 Å². The molecule has 1 rings (SSSR count). The normalized spacial score (nSPS) is 12.3. The number of nitro groups is 1. The molecule has 7 nitrogen and oxygen atoms in total. The number of carbonyl (C=O) groups excluding carboxylic acids is 1. The monoisotopic (exact) mass is 276 g/mol. The summed E-state index contributed by atoms with van der Waals surface area (Å²) in [5, 5.41) is 22.1. The number of anilines is 1. The highest BCUT2D eigenvalue weighted by Crippen LogP contribution is 2.26. The Balaban J connectivity index is 3.07. The van der Waals surface area contributed by atoms with Crippen LogP contribution in [0, 0.1) is 26.9 Å². The minimum atomic E-state index is -0.808. The van der Waals surface area contributed by atoms with Crippen molar-refractivity contribution >= 4 is 17.3 Å². The Morgan fingerprint density at radius 1 is 1.50 bits per heavy atom. The maximum atomic E-state index is 12.0. The van der Waals surface area contributed by atoms with Gasteiger partial charge in [-0.15, -0.1) is 0 Å². The van der Waals surface area contributed by atoms with Crippen molar-refractivity contribution in [3.8, 4) is 6.07 Å². The van der Waals surface area contributed by atoms with E-state index >= 15 is 0 Å². The van der Waals surface area contributed by atoms with Gasteiger partial charge in [0, 0.05) is 6.07 Å². The molecule has 1 atom stereocenters. The Kier molecular flexibility index (Phi) is 4.42. The van der Waals surface area contributed by atoms with Crippen molar-refractivity contribution in [1.29, 1.82) is 5.26 Å². The summed E-state index contributed by atoms with van der Waals surface area (Å²) in [7, 11) is 0. The Morgan fingerprint density at radius 3 is 2.55 bits per heavy atom. The Labute approximate surface area is 116 Å². The van der Waals surface area contributed by atoms with E-state index in [9.17, 15) is 14.9 Å². The molecule has 0 aliphatic carbocycles. The van der Waals surface area contributed by atoms with Crippen LogP contribution in [0.3, 0.4) is 0 Å². The Hall–Kier alpha value is -2.46. The third-order valence-electron chi connectivity index (χ3n) is 2.80. The maximum Gasteiger partial charge on any atom is 0.294 e. The minimum absolute atomic E-state index is 0.0266. The molecule has 0 fully saturated rings. The number of nitrogens with one attached hydrogen (secondary N) is 1. The molecule has 0 spiro atoms. The van der Waals surface area contributed by atoms with Gasteiger partial charge in [-0.25, -0.2) is 0 Å². The molecule has 0 aliphatic rings. The molecular formula is C13H16N4O3. The van der Waals surface area contributed by atoms with E-state index in [0.29, 0.717) is 0 Å². The van der Waals surface area contributed by atoms with E-state index in [0.717, 1.165) is 6.07 Å². The first-order chi connectivity index (χ1) is 9.16. The molecule has 7 heteroatoms. The molecule has 0 bridgehead atoms. The average Bonchev–Trinajstić information content (AvgIpc) is 2.36. The molecule has 1 aromatic rings. The molecule has 0 heterocycles. The third kappa shape index (κ3) is 3.52. The lowest BCUT2D eigenvalue weighted by Crippen LogP contribution is -2.45. The second-order valence-corrected chi connectivity index (χ2v) is 5.43. The van der Waals surface area contributed by atoms with Gasteiger partial charge in [0.05, 0.1) is 22.6 Å². The first-order valence-corrected chi connectivity index (χ1v) is 5.92. The van der Waals surface area contributed by atoms with Crippen LogP contribution in [0.4, 0.5) is 11.4 Å². The first kappa shape index (κ1) is 15.6. The zero-order chi connectivity index (χ0) is 15.5. The predicted molar refractivity (Wildman–Crippen MR) is 73.9 cm³/mol. The van der Waals surface area contributed by atoms with Crippen molar-refractivity contribution in [1.82, 2.24) is 0 Å². The van der Waals surface area contributed by atoms with E-state index in [2.05, 4.69) is 5.32 Å². The molecule has 0 aromatic heterocycles. The summed E-state index contributed by atoms with van der Waals surface area (Å²) in [4.78, 5) is 22.3. The van der Waals surface area contributed by atoms with Crippen LogP contribution in [-0.4, -0.2) is 16.9 Å². The highest BCUT2D eigenvalue weighted by molar-refractivity contribution is 5.97. The highest BCUT2D eigenvalue weighted by atomic mass is 16.6. The van der Waals surface area contributed by atoms with Crippen LogP contribution in [0.1, 0.15) is 26.3 Å². The summed E-state index contributed by atoms with van der Waals surface area (Å²) >= 11 is 0. The van der Waals surface area contributed by atoms with Crippen LogP contribution < -0.4 is 11.1 Å². The standard InChI is InChI=1S/C13H16N4O3/c1-13(2,3)11(15)12(18)16-9-5-4-8(7-14)6-10(9)17(19)20/h4-6,11H,15H2,1-3H3,(H,16,18). The molecular weight excluding hydrogens is 260 g/mol. The number of nitrogens with zero attached hydrogens (tertiary/aromatic N) is 2. The van der Waals surface area contributed by atoms with Crippen molar-refractivity contribution in [2.45, 2.75) is 26.8 Å². The number of nitriles is 1. The van der Waals surface area contributed by atoms with Crippen LogP contribution >= 0.6 is 0 Å². The van der Waals surface area contributed by atoms with Gasteiger partial charge in [0.2, 0.25) is 5.91 Å². The molecule has 1 unspecified atom stereocenters. The zero-order valence-electron chi connectivity index (χ0n) is 11.5. The van der Waals surface area contributed by atoms with Gasteiger partial charge >= 0.3 is 0 Å². The topological polar surface area (TPSA) is 122 Å². The summed E-state index contributed by atoms with van der Waals surface area (Å²) in [6.07, 6.45) is 0. The molecule has 1 aromatic carbocycles. The average molecular weight is 276 g/mol. The van der Waals surface area contributed by atoms with Gasteiger partial charge in [-0.1, -0.05) is 20.8 Å². The van der Waals surface area contributed by atoms with Crippen LogP contribution in [-0.2, 0) is 4.79 Å². The molecule has 106 valence electrons. The molecule has 3 N–H and O–H groups in total. The number of carbonyl (C=O) groups is 1. The molecule has 0 aliphatic heterocycles. The maximum absolute atomic E-state index is 12.0. The quantitative estimate of drug-likeness (QED) is 0.643. The van der Waals surface area contributed by atoms with Gasteiger partial charge in [0.1, 0.15) is 5.69 Å². The van der Waals surface area contributed by atoms with Gasteiger partial charge in [-0.3, -0.25) is 14.9 Å². The number of nitrogens with two attached hydrogens (primary N) is 1. The SMILES string of the molecule is CC(C)(C)C(N)C(=O)Nc1ccc(C#N)cc1[N+](=O)[O-]. The first-order valence-electron chi connectivity index (χ1n) is 5.92. The van der Waals surface area contributed by atoms with Gasteiger partial charge in [0.15, 0.2) is 0 Å². The van der Waals surface area contributed by atoms with Gasteiger partial charge in [-0.05, 0) is 17.5 Å². The lowest BCUT2D eigenvalue weighted by atomic mass is 9.87. The van der Waals surface area contributed by atoms with E-state index in [-0.39, 0.29) is 16.9 Å².